The molecule has 2 aromatic rings. The molecule has 1 aromatic heterocycles. The van der Waals surface area contributed by atoms with Crippen LogP contribution in [-0.4, -0.2) is 24.5 Å². The Balaban J connectivity index is 1.78. The highest BCUT2D eigenvalue weighted by atomic mass is 32.1. The highest BCUT2D eigenvalue weighted by molar-refractivity contribution is 7.18. The molecule has 0 saturated heterocycles. The second-order valence-corrected chi connectivity index (χ2v) is 5.36. The van der Waals surface area contributed by atoms with Gasteiger partial charge in [-0.15, -0.1) is 0 Å². The SMILES string of the molecule is CNc1nc(N)c(C(=O)NC2COc3ccccc32)s1. The molecule has 7 heteroatoms. The molecule has 1 unspecified atom stereocenters. The van der Waals surface area contributed by atoms with E-state index in [9.17, 15) is 4.79 Å². The van der Waals surface area contributed by atoms with Crippen molar-refractivity contribution in [2.75, 3.05) is 24.7 Å². The van der Waals surface area contributed by atoms with Crippen LogP contribution in [0.4, 0.5) is 10.9 Å². The summed E-state index contributed by atoms with van der Waals surface area (Å²) in [5.41, 5.74) is 6.74. The maximum atomic E-state index is 12.3. The summed E-state index contributed by atoms with van der Waals surface area (Å²) >= 11 is 1.23. The molecular formula is C13H14N4O2S. The van der Waals surface area contributed by atoms with Crippen molar-refractivity contribution in [2.24, 2.45) is 0 Å². The van der Waals surface area contributed by atoms with Crippen molar-refractivity contribution in [3.05, 3.63) is 34.7 Å². The minimum absolute atomic E-state index is 0.154. The molecule has 6 nitrogen and oxygen atoms in total. The van der Waals surface area contributed by atoms with Crippen molar-refractivity contribution in [2.45, 2.75) is 6.04 Å². The van der Waals surface area contributed by atoms with Crippen LogP contribution in [0.1, 0.15) is 21.3 Å². The van der Waals surface area contributed by atoms with E-state index in [-0.39, 0.29) is 17.8 Å². The molecule has 0 bridgehead atoms. The number of anilines is 2. The minimum atomic E-state index is -0.230. The number of hydrogen-bond acceptors (Lipinski definition) is 6. The molecule has 0 fully saturated rings. The van der Waals surface area contributed by atoms with Crippen LogP contribution in [0.25, 0.3) is 0 Å². The smallest absolute Gasteiger partial charge is 0.265 e. The molecule has 1 aliphatic rings. The van der Waals surface area contributed by atoms with Gasteiger partial charge in [0.25, 0.3) is 5.91 Å². The molecule has 1 aliphatic heterocycles. The fourth-order valence-electron chi connectivity index (χ4n) is 2.11. The maximum absolute atomic E-state index is 12.3. The summed E-state index contributed by atoms with van der Waals surface area (Å²) in [6.45, 7) is 0.433. The average Bonchev–Trinajstić information content (AvgIpc) is 3.03. The van der Waals surface area contributed by atoms with Crippen molar-refractivity contribution in [1.82, 2.24) is 10.3 Å². The quantitative estimate of drug-likeness (QED) is 0.799. The lowest BCUT2D eigenvalue weighted by molar-refractivity contribution is 0.0935. The zero-order valence-corrected chi connectivity index (χ0v) is 11.7. The summed E-state index contributed by atoms with van der Waals surface area (Å²) in [7, 11) is 1.74. The van der Waals surface area contributed by atoms with E-state index in [1.54, 1.807) is 7.05 Å². The first kappa shape index (κ1) is 12.7. The van der Waals surface area contributed by atoms with Gasteiger partial charge < -0.3 is 21.1 Å². The van der Waals surface area contributed by atoms with Crippen LogP contribution in [0.15, 0.2) is 24.3 Å². The van der Waals surface area contributed by atoms with Crippen LogP contribution >= 0.6 is 11.3 Å². The van der Waals surface area contributed by atoms with Crippen molar-refractivity contribution in [1.29, 1.82) is 0 Å². The number of nitrogens with two attached hydrogens (primary N) is 1. The van der Waals surface area contributed by atoms with Gasteiger partial charge in [-0.3, -0.25) is 4.79 Å². The van der Waals surface area contributed by atoms with Gasteiger partial charge >= 0.3 is 0 Å². The largest absolute Gasteiger partial charge is 0.491 e. The molecule has 104 valence electrons. The zero-order chi connectivity index (χ0) is 14.1. The number of amides is 1. The number of hydrogen-bond donors (Lipinski definition) is 3. The van der Waals surface area contributed by atoms with E-state index >= 15 is 0 Å². The average molecular weight is 290 g/mol. The Hall–Kier alpha value is -2.28. The molecule has 20 heavy (non-hydrogen) atoms. The minimum Gasteiger partial charge on any atom is -0.491 e. The molecule has 1 amide bonds. The van der Waals surface area contributed by atoms with Gasteiger partial charge in [-0.05, 0) is 6.07 Å². The van der Waals surface area contributed by atoms with Gasteiger partial charge in [0.2, 0.25) is 0 Å². The zero-order valence-electron chi connectivity index (χ0n) is 10.8. The first-order chi connectivity index (χ1) is 9.69. The van der Waals surface area contributed by atoms with Crippen LogP contribution in [0.5, 0.6) is 5.75 Å². The monoisotopic (exact) mass is 290 g/mol. The van der Waals surface area contributed by atoms with Crippen LogP contribution in [0, 0.1) is 0 Å². The number of thiazole rings is 1. The number of ether oxygens (including phenoxy) is 1. The van der Waals surface area contributed by atoms with Gasteiger partial charge in [-0.2, -0.15) is 0 Å². The topological polar surface area (TPSA) is 89.3 Å². The van der Waals surface area contributed by atoms with Crippen LogP contribution in [0.2, 0.25) is 0 Å². The Labute approximate surface area is 120 Å². The fraction of sp³-hybridized carbons (Fsp3) is 0.231. The Kier molecular flexibility index (Phi) is 3.19. The second-order valence-electron chi connectivity index (χ2n) is 4.36. The first-order valence-electron chi connectivity index (χ1n) is 6.15. The molecule has 0 radical (unpaired) electrons. The Bertz CT molecular complexity index is 656. The number of para-hydroxylation sites is 1. The highest BCUT2D eigenvalue weighted by Crippen LogP contribution is 2.32. The number of benzene rings is 1. The van der Waals surface area contributed by atoms with E-state index in [0.29, 0.717) is 16.6 Å². The predicted molar refractivity (Wildman–Crippen MR) is 78.2 cm³/mol. The number of aromatic nitrogens is 1. The number of nitrogens with one attached hydrogen (secondary N) is 2. The molecule has 0 spiro atoms. The standard InChI is InChI=1S/C13H14N4O2S/c1-15-13-17-11(14)10(20-13)12(18)16-8-6-19-9-5-3-2-4-7(8)9/h2-5,8H,6,14H2,1H3,(H,15,17)(H,16,18). The van der Waals surface area contributed by atoms with Crippen molar-refractivity contribution < 1.29 is 9.53 Å². The molecular weight excluding hydrogens is 276 g/mol. The van der Waals surface area contributed by atoms with E-state index in [4.69, 9.17) is 10.5 Å². The molecule has 2 heterocycles. The number of nitrogens with zero attached hydrogens (tertiary/aromatic N) is 1. The van der Waals surface area contributed by atoms with E-state index in [1.165, 1.54) is 11.3 Å². The van der Waals surface area contributed by atoms with Crippen molar-refractivity contribution in [3.63, 3.8) is 0 Å². The molecule has 1 atom stereocenters. The predicted octanol–water partition coefficient (Wildman–Crippen LogP) is 1.63. The van der Waals surface area contributed by atoms with E-state index in [1.807, 2.05) is 24.3 Å². The molecule has 3 rings (SSSR count). The fourth-order valence-corrected chi connectivity index (χ4v) is 2.85. The first-order valence-corrected chi connectivity index (χ1v) is 6.97. The van der Waals surface area contributed by atoms with E-state index < -0.39 is 0 Å². The van der Waals surface area contributed by atoms with Gasteiger partial charge in [0.05, 0.1) is 6.04 Å². The molecule has 1 aromatic carbocycles. The Morgan fingerprint density at radius 3 is 3.05 bits per heavy atom. The summed E-state index contributed by atoms with van der Waals surface area (Å²) in [6, 6.07) is 7.51. The number of carbonyl (C=O) groups excluding carboxylic acids is 1. The third kappa shape index (κ3) is 2.16. The lowest BCUT2D eigenvalue weighted by Gasteiger charge is -2.10. The van der Waals surface area contributed by atoms with Crippen LogP contribution in [0.3, 0.4) is 0 Å². The number of rotatable bonds is 3. The van der Waals surface area contributed by atoms with Crippen LogP contribution < -0.4 is 21.1 Å². The third-order valence-corrected chi connectivity index (χ3v) is 4.17. The highest BCUT2D eigenvalue weighted by Gasteiger charge is 2.27. The normalized spacial score (nSPS) is 16.4. The van der Waals surface area contributed by atoms with E-state index in [2.05, 4.69) is 15.6 Å². The lowest BCUT2D eigenvalue weighted by atomic mass is 10.1. The van der Waals surface area contributed by atoms with Gasteiger partial charge in [-0.25, -0.2) is 4.98 Å². The summed E-state index contributed by atoms with van der Waals surface area (Å²) in [5.74, 6) is 0.821. The lowest BCUT2D eigenvalue weighted by Crippen LogP contribution is -2.29. The summed E-state index contributed by atoms with van der Waals surface area (Å²) in [5, 5.41) is 6.42. The van der Waals surface area contributed by atoms with Gasteiger partial charge in [-0.1, -0.05) is 29.5 Å². The van der Waals surface area contributed by atoms with Crippen molar-refractivity contribution in [3.8, 4) is 5.75 Å². The van der Waals surface area contributed by atoms with Gasteiger partial charge in [0.1, 0.15) is 23.1 Å². The Morgan fingerprint density at radius 2 is 2.30 bits per heavy atom. The Morgan fingerprint density at radius 1 is 1.50 bits per heavy atom. The number of fused-ring (bicyclic) bond motifs is 1. The van der Waals surface area contributed by atoms with Gasteiger partial charge in [0.15, 0.2) is 5.13 Å². The van der Waals surface area contributed by atoms with Crippen LogP contribution in [-0.2, 0) is 0 Å². The maximum Gasteiger partial charge on any atom is 0.265 e. The molecule has 4 N–H and O–H groups in total. The van der Waals surface area contributed by atoms with Gasteiger partial charge in [0, 0.05) is 12.6 Å². The van der Waals surface area contributed by atoms with Crippen molar-refractivity contribution >= 4 is 28.2 Å². The second kappa shape index (κ2) is 5.01. The van der Waals surface area contributed by atoms with E-state index in [0.717, 1.165) is 11.3 Å². The number of carbonyl (C=O) groups is 1. The number of nitrogen functional groups attached to an aromatic ring is 1. The molecule has 0 saturated carbocycles. The molecule has 0 aliphatic carbocycles. The third-order valence-electron chi connectivity index (χ3n) is 3.08. The summed E-state index contributed by atoms with van der Waals surface area (Å²) in [4.78, 5) is 16.7. The summed E-state index contributed by atoms with van der Waals surface area (Å²) in [6.07, 6.45) is 0. The summed E-state index contributed by atoms with van der Waals surface area (Å²) < 4.78 is 5.53.